The van der Waals surface area contributed by atoms with Crippen LogP contribution in [0, 0.1) is 11.7 Å². The van der Waals surface area contributed by atoms with Gasteiger partial charge >= 0.3 is 12.0 Å². The van der Waals surface area contributed by atoms with Gasteiger partial charge in [-0.3, -0.25) is 14.5 Å². The van der Waals surface area contributed by atoms with E-state index in [-0.39, 0.29) is 23.9 Å². The quantitative estimate of drug-likeness (QED) is 0.730. The zero-order valence-electron chi connectivity index (χ0n) is 14.4. The second-order valence-electron chi connectivity index (χ2n) is 6.64. The summed E-state index contributed by atoms with van der Waals surface area (Å²) < 4.78 is 14.1. The van der Waals surface area contributed by atoms with Crippen molar-refractivity contribution in [3.63, 3.8) is 0 Å². The van der Waals surface area contributed by atoms with Crippen molar-refractivity contribution in [1.82, 2.24) is 10.6 Å². The van der Waals surface area contributed by atoms with Gasteiger partial charge in [0, 0.05) is 18.8 Å². The van der Waals surface area contributed by atoms with E-state index in [1.807, 2.05) is 0 Å². The molecule has 0 bridgehead atoms. The molecule has 25 heavy (non-hydrogen) atoms. The van der Waals surface area contributed by atoms with Crippen LogP contribution in [0.3, 0.4) is 0 Å². The van der Waals surface area contributed by atoms with Crippen molar-refractivity contribution in [1.29, 1.82) is 0 Å². The average Bonchev–Trinajstić information content (AvgIpc) is 2.92. The molecule has 0 spiro atoms. The van der Waals surface area contributed by atoms with Crippen LogP contribution in [0.15, 0.2) is 18.2 Å². The predicted octanol–water partition coefficient (Wildman–Crippen LogP) is 1.97. The lowest BCUT2D eigenvalue weighted by atomic mass is 9.85. The maximum atomic E-state index is 14.1. The van der Waals surface area contributed by atoms with E-state index in [9.17, 15) is 18.8 Å². The van der Waals surface area contributed by atoms with Gasteiger partial charge in [-0.15, -0.1) is 0 Å². The summed E-state index contributed by atoms with van der Waals surface area (Å²) in [6, 6.07) is 3.54. The Morgan fingerprint density at radius 3 is 2.64 bits per heavy atom. The molecule has 2 rings (SSSR count). The Kier molecular flexibility index (Phi) is 5.30. The number of anilines is 1. The first kappa shape index (κ1) is 18.7. The van der Waals surface area contributed by atoms with Gasteiger partial charge in [-0.25, -0.2) is 9.18 Å². The zero-order chi connectivity index (χ0) is 18.8. The maximum Gasteiger partial charge on any atom is 0.321 e. The first-order chi connectivity index (χ1) is 11.6. The topological polar surface area (TPSA) is 98.7 Å². The molecule has 3 amide bonds. The second-order valence-corrected chi connectivity index (χ2v) is 6.64. The Hall–Kier alpha value is -2.64. The number of benzene rings is 1. The molecular formula is C17H22FN3O4. The van der Waals surface area contributed by atoms with Gasteiger partial charge in [-0.2, -0.15) is 0 Å². The van der Waals surface area contributed by atoms with Crippen molar-refractivity contribution in [2.24, 2.45) is 5.92 Å². The van der Waals surface area contributed by atoms with Crippen LogP contribution >= 0.6 is 0 Å². The number of hydrogen-bond donors (Lipinski definition) is 3. The summed E-state index contributed by atoms with van der Waals surface area (Å²) >= 11 is 0. The molecule has 1 unspecified atom stereocenters. The minimum absolute atomic E-state index is 0.178. The van der Waals surface area contributed by atoms with Gasteiger partial charge in [-0.1, -0.05) is 13.8 Å². The molecule has 1 aromatic carbocycles. The van der Waals surface area contributed by atoms with E-state index in [1.54, 1.807) is 20.8 Å². The summed E-state index contributed by atoms with van der Waals surface area (Å²) in [5.74, 6) is -2.68. The number of aliphatic carboxylic acids is 1. The van der Waals surface area contributed by atoms with E-state index in [0.29, 0.717) is 18.8 Å². The van der Waals surface area contributed by atoms with Gasteiger partial charge in [0.25, 0.3) is 5.91 Å². The summed E-state index contributed by atoms with van der Waals surface area (Å²) in [7, 11) is 0. The lowest BCUT2D eigenvalue weighted by Crippen LogP contribution is -2.51. The van der Waals surface area contributed by atoms with Crippen LogP contribution in [-0.2, 0) is 4.79 Å². The fourth-order valence-corrected chi connectivity index (χ4v) is 2.61. The Bertz CT molecular complexity index is 707. The summed E-state index contributed by atoms with van der Waals surface area (Å²) in [5, 5.41) is 14.3. The highest BCUT2D eigenvalue weighted by Gasteiger charge is 2.34. The minimum atomic E-state index is -1.06. The molecule has 136 valence electrons. The molecule has 8 heteroatoms. The monoisotopic (exact) mass is 351 g/mol. The first-order valence-corrected chi connectivity index (χ1v) is 8.03. The lowest BCUT2D eigenvalue weighted by Gasteiger charge is -2.33. The zero-order valence-corrected chi connectivity index (χ0v) is 14.4. The number of urea groups is 1. The molecule has 7 nitrogen and oxygen atoms in total. The molecule has 1 heterocycles. The Morgan fingerprint density at radius 1 is 1.44 bits per heavy atom. The summed E-state index contributed by atoms with van der Waals surface area (Å²) in [5.41, 5.74) is -0.850. The van der Waals surface area contributed by atoms with E-state index < -0.39 is 23.2 Å². The third-order valence-electron chi connectivity index (χ3n) is 4.55. The summed E-state index contributed by atoms with van der Waals surface area (Å²) in [4.78, 5) is 36.8. The van der Waals surface area contributed by atoms with Gasteiger partial charge < -0.3 is 15.7 Å². The number of carboxylic acids is 1. The number of nitrogens with zero attached hydrogens (tertiary/aromatic N) is 1. The largest absolute Gasteiger partial charge is 0.481 e. The minimum Gasteiger partial charge on any atom is -0.481 e. The second kappa shape index (κ2) is 7.08. The molecule has 1 saturated heterocycles. The van der Waals surface area contributed by atoms with E-state index >= 15 is 0 Å². The number of hydrogen-bond acceptors (Lipinski definition) is 3. The van der Waals surface area contributed by atoms with Crippen LogP contribution in [0.4, 0.5) is 14.9 Å². The molecule has 1 aliphatic heterocycles. The van der Waals surface area contributed by atoms with E-state index in [4.69, 9.17) is 5.11 Å². The fourth-order valence-electron chi connectivity index (χ4n) is 2.61. The number of rotatable bonds is 6. The van der Waals surface area contributed by atoms with E-state index in [0.717, 1.165) is 6.07 Å². The van der Waals surface area contributed by atoms with Crippen molar-refractivity contribution in [2.45, 2.75) is 32.7 Å². The van der Waals surface area contributed by atoms with Crippen molar-refractivity contribution in [3.05, 3.63) is 29.6 Å². The van der Waals surface area contributed by atoms with Gasteiger partial charge in [0.05, 0.1) is 17.5 Å². The first-order valence-electron chi connectivity index (χ1n) is 8.03. The number of halogens is 1. The highest BCUT2D eigenvalue weighted by atomic mass is 19.1. The standard InChI is InChI=1S/C17H22FN3O4/c1-10(2)17(3,9-14(22)23)20-15(24)12-8-11(4-5-13(12)18)21-7-6-19-16(21)25/h4-5,8,10H,6-7,9H2,1-3H3,(H,19,25)(H,20,24)(H,22,23). The third-order valence-corrected chi connectivity index (χ3v) is 4.55. The van der Waals surface area contributed by atoms with Crippen LogP contribution in [0.5, 0.6) is 0 Å². The number of carbonyl (C=O) groups excluding carboxylic acids is 2. The molecule has 1 fully saturated rings. The Labute approximate surface area is 145 Å². The van der Waals surface area contributed by atoms with Crippen LogP contribution in [0.25, 0.3) is 0 Å². The molecule has 3 N–H and O–H groups in total. The van der Waals surface area contributed by atoms with Crippen molar-refractivity contribution >= 4 is 23.6 Å². The molecular weight excluding hydrogens is 329 g/mol. The SMILES string of the molecule is CC(C)C(C)(CC(=O)O)NC(=O)c1cc(N2CCNC2=O)ccc1F. The van der Waals surface area contributed by atoms with Crippen molar-refractivity contribution in [3.8, 4) is 0 Å². The maximum absolute atomic E-state index is 14.1. The highest BCUT2D eigenvalue weighted by molar-refractivity contribution is 5.99. The van der Waals surface area contributed by atoms with E-state index in [1.165, 1.54) is 17.0 Å². The van der Waals surface area contributed by atoms with Gasteiger partial charge in [-0.05, 0) is 31.0 Å². The third kappa shape index (κ3) is 4.07. The van der Waals surface area contributed by atoms with Crippen LogP contribution in [0.2, 0.25) is 0 Å². The van der Waals surface area contributed by atoms with Crippen LogP contribution < -0.4 is 15.5 Å². The number of nitrogens with one attached hydrogen (secondary N) is 2. The Balaban J connectivity index is 2.29. The number of amides is 3. The van der Waals surface area contributed by atoms with Crippen molar-refractivity contribution in [2.75, 3.05) is 18.0 Å². The molecule has 1 aromatic rings. The molecule has 1 aliphatic rings. The smallest absolute Gasteiger partial charge is 0.321 e. The lowest BCUT2D eigenvalue weighted by molar-refractivity contribution is -0.138. The van der Waals surface area contributed by atoms with Gasteiger partial charge in [0.2, 0.25) is 0 Å². The van der Waals surface area contributed by atoms with Crippen LogP contribution in [-0.4, -0.2) is 41.6 Å². The highest BCUT2D eigenvalue weighted by Crippen LogP contribution is 2.24. The normalized spacial score (nSPS) is 16.5. The number of carboxylic acid groups (broad SMARTS) is 1. The predicted molar refractivity (Wildman–Crippen MR) is 90.1 cm³/mol. The van der Waals surface area contributed by atoms with Gasteiger partial charge in [0.1, 0.15) is 5.82 Å². The molecule has 0 radical (unpaired) electrons. The fraction of sp³-hybridized carbons (Fsp3) is 0.471. The van der Waals surface area contributed by atoms with E-state index in [2.05, 4.69) is 10.6 Å². The molecule has 0 saturated carbocycles. The molecule has 1 atom stereocenters. The Morgan fingerprint density at radius 2 is 2.12 bits per heavy atom. The molecule has 0 aliphatic carbocycles. The molecule has 0 aromatic heterocycles. The average molecular weight is 351 g/mol. The van der Waals surface area contributed by atoms with Gasteiger partial charge in [0.15, 0.2) is 0 Å². The van der Waals surface area contributed by atoms with Crippen LogP contribution in [0.1, 0.15) is 37.6 Å². The summed E-state index contributed by atoms with van der Waals surface area (Å²) in [6.45, 7) is 6.07. The number of carbonyl (C=O) groups is 3. The summed E-state index contributed by atoms with van der Waals surface area (Å²) in [6.07, 6.45) is -0.285. The van der Waals surface area contributed by atoms with Crippen molar-refractivity contribution < 1.29 is 23.9 Å².